The molecule has 0 saturated carbocycles. The van der Waals surface area contributed by atoms with Gasteiger partial charge in [0.25, 0.3) is 11.8 Å². The van der Waals surface area contributed by atoms with Gasteiger partial charge in [0.15, 0.2) is 0 Å². The molecule has 0 saturated heterocycles. The van der Waals surface area contributed by atoms with E-state index in [0.29, 0.717) is 36.3 Å². The fraction of sp³-hybridized carbons (Fsp3) is 0.125. The predicted molar refractivity (Wildman–Crippen MR) is 116 cm³/mol. The summed E-state index contributed by atoms with van der Waals surface area (Å²) in [6.07, 6.45) is 0.292. The van der Waals surface area contributed by atoms with E-state index in [2.05, 4.69) is 16.0 Å². The summed E-state index contributed by atoms with van der Waals surface area (Å²) in [6.45, 7) is 0.617. The Balaban J connectivity index is 1.41. The highest BCUT2D eigenvalue weighted by Gasteiger charge is 2.09. The molecule has 7 heteroatoms. The topological polar surface area (TPSA) is 87.3 Å². The Labute approximate surface area is 179 Å². The maximum atomic E-state index is 12.9. The number of hydrogen-bond acceptors (Lipinski definition) is 3. The van der Waals surface area contributed by atoms with Crippen molar-refractivity contribution in [1.29, 1.82) is 0 Å². The van der Waals surface area contributed by atoms with E-state index in [9.17, 15) is 18.8 Å². The fourth-order valence-corrected chi connectivity index (χ4v) is 2.83. The fourth-order valence-electron chi connectivity index (χ4n) is 2.83. The second kappa shape index (κ2) is 10.7. The molecular weight excluding hydrogens is 397 g/mol. The summed E-state index contributed by atoms with van der Waals surface area (Å²) in [6, 6.07) is 21.0. The predicted octanol–water partition coefficient (Wildman–Crippen LogP) is 3.17. The highest BCUT2D eigenvalue weighted by Crippen LogP contribution is 2.12. The number of rotatable bonds is 8. The van der Waals surface area contributed by atoms with Gasteiger partial charge in [-0.05, 0) is 54.1 Å². The van der Waals surface area contributed by atoms with Gasteiger partial charge >= 0.3 is 0 Å². The van der Waals surface area contributed by atoms with Crippen molar-refractivity contribution in [2.45, 2.75) is 6.42 Å². The molecule has 158 valence electrons. The minimum Gasteiger partial charge on any atom is -0.354 e. The average molecular weight is 419 g/mol. The number of amides is 3. The van der Waals surface area contributed by atoms with Crippen molar-refractivity contribution in [2.24, 2.45) is 0 Å². The molecule has 0 aliphatic rings. The van der Waals surface area contributed by atoms with Crippen LogP contribution in [0.25, 0.3) is 0 Å². The van der Waals surface area contributed by atoms with E-state index < -0.39 is 5.82 Å². The summed E-state index contributed by atoms with van der Waals surface area (Å²) in [7, 11) is 0. The van der Waals surface area contributed by atoms with Gasteiger partial charge < -0.3 is 16.0 Å². The van der Waals surface area contributed by atoms with Crippen LogP contribution in [0.15, 0.2) is 78.9 Å². The summed E-state index contributed by atoms with van der Waals surface area (Å²) in [5.74, 6) is -1.18. The van der Waals surface area contributed by atoms with Gasteiger partial charge in [-0.25, -0.2) is 4.39 Å². The standard InChI is InChI=1S/C24H22FN3O3/c25-20-10-6-19(7-11-20)24(31)28-21-12-8-18(9-13-21)23(30)27-15-14-26-22(29)16-17-4-2-1-3-5-17/h1-13H,14-16H2,(H,26,29)(H,27,30)(H,28,31). The first-order valence-electron chi connectivity index (χ1n) is 9.77. The zero-order chi connectivity index (χ0) is 22.1. The molecule has 0 unspecified atom stereocenters. The Bertz CT molecular complexity index is 1040. The molecule has 3 amide bonds. The highest BCUT2D eigenvalue weighted by atomic mass is 19.1. The van der Waals surface area contributed by atoms with Crippen LogP contribution in [-0.4, -0.2) is 30.8 Å². The zero-order valence-corrected chi connectivity index (χ0v) is 16.7. The van der Waals surface area contributed by atoms with Gasteiger partial charge in [0.05, 0.1) is 6.42 Å². The maximum absolute atomic E-state index is 12.9. The molecule has 3 aromatic rings. The third-order valence-corrected chi connectivity index (χ3v) is 4.45. The van der Waals surface area contributed by atoms with Gasteiger partial charge in [-0.1, -0.05) is 30.3 Å². The smallest absolute Gasteiger partial charge is 0.255 e. The van der Waals surface area contributed by atoms with Gasteiger partial charge in [-0.2, -0.15) is 0 Å². The average Bonchev–Trinajstić information content (AvgIpc) is 2.78. The second-order valence-corrected chi connectivity index (χ2v) is 6.81. The summed E-state index contributed by atoms with van der Waals surface area (Å²) in [5, 5.41) is 8.18. The van der Waals surface area contributed by atoms with Crippen molar-refractivity contribution in [3.05, 3.63) is 101 Å². The lowest BCUT2D eigenvalue weighted by atomic mass is 10.1. The number of benzene rings is 3. The Hall–Kier alpha value is -4.00. The lowest BCUT2D eigenvalue weighted by Gasteiger charge is -2.09. The normalized spacial score (nSPS) is 10.2. The summed E-state index contributed by atoms with van der Waals surface area (Å²) in [5.41, 5.74) is 2.20. The van der Waals surface area contributed by atoms with Crippen molar-refractivity contribution in [1.82, 2.24) is 10.6 Å². The van der Waals surface area contributed by atoms with E-state index >= 15 is 0 Å². The molecule has 0 aliphatic carbocycles. The number of halogens is 1. The molecule has 0 fully saturated rings. The van der Waals surface area contributed by atoms with Crippen LogP contribution in [0.4, 0.5) is 10.1 Å². The van der Waals surface area contributed by atoms with E-state index in [1.165, 1.54) is 24.3 Å². The van der Waals surface area contributed by atoms with Crippen molar-refractivity contribution in [2.75, 3.05) is 18.4 Å². The van der Waals surface area contributed by atoms with Gasteiger partial charge in [-0.3, -0.25) is 14.4 Å². The Morgan fingerprint density at radius 1 is 0.677 bits per heavy atom. The molecule has 0 aromatic heterocycles. The molecule has 3 rings (SSSR count). The van der Waals surface area contributed by atoms with Gasteiger partial charge in [0, 0.05) is 29.9 Å². The molecule has 3 N–H and O–H groups in total. The Morgan fingerprint density at radius 3 is 1.94 bits per heavy atom. The molecule has 0 atom stereocenters. The lowest BCUT2D eigenvalue weighted by molar-refractivity contribution is -0.120. The van der Waals surface area contributed by atoms with E-state index in [-0.39, 0.29) is 17.7 Å². The molecule has 0 spiro atoms. The Morgan fingerprint density at radius 2 is 1.26 bits per heavy atom. The first kappa shape index (κ1) is 21.7. The van der Waals surface area contributed by atoms with Crippen LogP contribution >= 0.6 is 0 Å². The largest absolute Gasteiger partial charge is 0.354 e. The minimum absolute atomic E-state index is 0.110. The SMILES string of the molecule is O=C(Cc1ccccc1)NCCNC(=O)c1ccc(NC(=O)c2ccc(F)cc2)cc1. The van der Waals surface area contributed by atoms with Crippen molar-refractivity contribution in [3.8, 4) is 0 Å². The van der Waals surface area contributed by atoms with Gasteiger partial charge in [0.2, 0.25) is 5.91 Å². The quantitative estimate of drug-likeness (QED) is 0.490. The van der Waals surface area contributed by atoms with E-state index in [0.717, 1.165) is 5.56 Å². The molecule has 6 nitrogen and oxygen atoms in total. The molecule has 3 aromatic carbocycles. The molecular formula is C24H22FN3O3. The van der Waals surface area contributed by atoms with E-state index in [1.807, 2.05) is 30.3 Å². The summed E-state index contributed by atoms with van der Waals surface area (Å²) < 4.78 is 12.9. The van der Waals surface area contributed by atoms with E-state index in [1.54, 1.807) is 24.3 Å². The maximum Gasteiger partial charge on any atom is 0.255 e. The monoisotopic (exact) mass is 419 g/mol. The minimum atomic E-state index is -0.414. The molecule has 31 heavy (non-hydrogen) atoms. The number of anilines is 1. The van der Waals surface area contributed by atoms with Gasteiger partial charge in [0.1, 0.15) is 5.82 Å². The van der Waals surface area contributed by atoms with Crippen LogP contribution in [0.2, 0.25) is 0 Å². The van der Waals surface area contributed by atoms with Crippen molar-refractivity contribution >= 4 is 23.4 Å². The van der Waals surface area contributed by atoms with Crippen LogP contribution in [0.3, 0.4) is 0 Å². The molecule has 0 aliphatic heterocycles. The highest BCUT2D eigenvalue weighted by molar-refractivity contribution is 6.04. The number of carbonyl (C=O) groups is 3. The van der Waals surface area contributed by atoms with Crippen LogP contribution in [0.5, 0.6) is 0 Å². The summed E-state index contributed by atoms with van der Waals surface area (Å²) >= 11 is 0. The van der Waals surface area contributed by atoms with E-state index in [4.69, 9.17) is 0 Å². The van der Waals surface area contributed by atoms with Crippen LogP contribution in [-0.2, 0) is 11.2 Å². The Kier molecular flexibility index (Phi) is 7.48. The number of nitrogens with one attached hydrogen (secondary N) is 3. The first-order chi connectivity index (χ1) is 15.0. The molecule has 0 bridgehead atoms. The van der Waals surface area contributed by atoms with Crippen LogP contribution in [0.1, 0.15) is 26.3 Å². The second-order valence-electron chi connectivity index (χ2n) is 6.81. The van der Waals surface area contributed by atoms with Crippen molar-refractivity contribution < 1.29 is 18.8 Å². The van der Waals surface area contributed by atoms with Crippen LogP contribution < -0.4 is 16.0 Å². The third-order valence-electron chi connectivity index (χ3n) is 4.45. The third kappa shape index (κ3) is 6.78. The van der Waals surface area contributed by atoms with Gasteiger partial charge in [-0.15, -0.1) is 0 Å². The number of hydrogen-bond donors (Lipinski definition) is 3. The first-order valence-corrected chi connectivity index (χ1v) is 9.77. The molecule has 0 radical (unpaired) electrons. The van der Waals surface area contributed by atoms with Crippen molar-refractivity contribution in [3.63, 3.8) is 0 Å². The summed E-state index contributed by atoms with van der Waals surface area (Å²) in [4.78, 5) is 36.3. The van der Waals surface area contributed by atoms with Crippen LogP contribution in [0, 0.1) is 5.82 Å². The number of carbonyl (C=O) groups excluding carboxylic acids is 3. The molecule has 0 heterocycles. The lowest BCUT2D eigenvalue weighted by Crippen LogP contribution is -2.35. The zero-order valence-electron chi connectivity index (χ0n) is 16.7.